The number of hydrogen-bond donors (Lipinski definition) is 1. The highest BCUT2D eigenvalue weighted by molar-refractivity contribution is 7.09. The van der Waals surface area contributed by atoms with E-state index in [4.69, 9.17) is 14.5 Å². The first-order valence-corrected chi connectivity index (χ1v) is 11.3. The number of nitrogens with zero attached hydrogens (tertiary/aromatic N) is 3. The minimum Gasteiger partial charge on any atom is -0.497 e. The number of aryl methyl sites for hydroxylation is 2. The van der Waals surface area contributed by atoms with Crippen molar-refractivity contribution in [2.24, 2.45) is 0 Å². The van der Waals surface area contributed by atoms with Crippen LogP contribution in [0.15, 0.2) is 42.5 Å². The van der Waals surface area contributed by atoms with E-state index in [1.54, 1.807) is 14.2 Å². The normalized spacial score (nSPS) is 10.8. The van der Waals surface area contributed by atoms with Crippen molar-refractivity contribution in [1.82, 2.24) is 9.36 Å². The molecule has 7 nitrogen and oxygen atoms in total. The van der Waals surface area contributed by atoms with E-state index < -0.39 is 0 Å². The number of hydrogen-bond acceptors (Lipinski definition) is 7. The van der Waals surface area contributed by atoms with Crippen LogP contribution in [0, 0.1) is 13.8 Å². The predicted octanol–water partition coefficient (Wildman–Crippen LogP) is 4.24. The summed E-state index contributed by atoms with van der Waals surface area (Å²) in [7, 11) is 3.32. The zero-order valence-corrected chi connectivity index (χ0v) is 19.9. The Morgan fingerprint density at radius 3 is 2.69 bits per heavy atom. The molecular weight excluding hydrogens is 424 g/mol. The molecule has 3 aromatic rings. The van der Waals surface area contributed by atoms with E-state index in [2.05, 4.69) is 21.5 Å². The number of amides is 1. The highest BCUT2D eigenvalue weighted by atomic mass is 32.1. The predicted molar refractivity (Wildman–Crippen MR) is 129 cm³/mol. The largest absolute Gasteiger partial charge is 0.497 e. The lowest BCUT2D eigenvalue weighted by molar-refractivity contribution is -0.116. The zero-order chi connectivity index (χ0) is 22.9. The van der Waals surface area contributed by atoms with Crippen molar-refractivity contribution in [3.05, 3.63) is 65.0 Å². The second-order valence-corrected chi connectivity index (χ2v) is 8.33. The van der Waals surface area contributed by atoms with E-state index in [1.807, 2.05) is 49.4 Å². The van der Waals surface area contributed by atoms with E-state index in [0.717, 1.165) is 33.5 Å². The van der Waals surface area contributed by atoms with Gasteiger partial charge in [0.15, 0.2) is 0 Å². The molecule has 0 saturated heterocycles. The van der Waals surface area contributed by atoms with Crippen LogP contribution in [0.1, 0.15) is 28.9 Å². The standard InChI is InChI=1S/C24H30N4O3S/c1-17-8-9-20(14-18(17)2)25-23(29)10-11-28(12-13-30-3)24-26-22(27-32-24)16-19-6-5-7-21(15-19)31-4/h5-9,14-15H,10-13,16H2,1-4H3,(H,25,29). The Kier molecular flexibility index (Phi) is 8.58. The quantitative estimate of drug-likeness (QED) is 0.467. The molecule has 0 bridgehead atoms. The van der Waals surface area contributed by atoms with E-state index in [1.165, 1.54) is 17.1 Å². The Morgan fingerprint density at radius 1 is 1.09 bits per heavy atom. The number of anilines is 2. The van der Waals surface area contributed by atoms with Gasteiger partial charge in [-0.05, 0) is 54.8 Å². The fourth-order valence-corrected chi connectivity index (χ4v) is 3.93. The van der Waals surface area contributed by atoms with Gasteiger partial charge in [-0.25, -0.2) is 4.98 Å². The first kappa shape index (κ1) is 23.7. The van der Waals surface area contributed by atoms with E-state index in [0.29, 0.717) is 32.5 Å². The monoisotopic (exact) mass is 454 g/mol. The van der Waals surface area contributed by atoms with Crippen molar-refractivity contribution in [3.63, 3.8) is 0 Å². The number of rotatable bonds is 11. The Morgan fingerprint density at radius 2 is 1.94 bits per heavy atom. The lowest BCUT2D eigenvalue weighted by atomic mass is 10.1. The Balaban J connectivity index is 1.61. The molecular formula is C24H30N4O3S. The van der Waals surface area contributed by atoms with Crippen molar-refractivity contribution in [1.29, 1.82) is 0 Å². The summed E-state index contributed by atoms with van der Waals surface area (Å²) >= 11 is 1.34. The minimum atomic E-state index is -0.0308. The summed E-state index contributed by atoms with van der Waals surface area (Å²) in [5, 5.41) is 3.77. The second-order valence-electron chi connectivity index (χ2n) is 7.60. The molecule has 0 unspecified atom stereocenters. The SMILES string of the molecule is COCCN(CCC(=O)Nc1ccc(C)c(C)c1)c1nc(Cc2cccc(OC)c2)ns1. The van der Waals surface area contributed by atoms with Crippen LogP contribution in [0.3, 0.4) is 0 Å². The summed E-state index contributed by atoms with van der Waals surface area (Å²) in [4.78, 5) is 19.3. The topological polar surface area (TPSA) is 76.6 Å². The molecule has 0 aliphatic carbocycles. The van der Waals surface area contributed by atoms with Crippen molar-refractivity contribution in [2.45, 2.75) is 26.7 Å². The van der Waals surface area contributed by atoms with Gasteiger partial charge < -0.3 is 19.7 Å². The number of carbonyl (C=O) groups excluding carboxylic acids is 1. The van der Waals surface area contributed by atoms with Crippen LogP contribution < -0.4 is 15.0 Å². The van der Waals surface area contributed by atoms with Gasteiger partial charge in [0.1, 0.15) is 11.6 Å². The summed E-state index contributed by atoms with van der Waals surface area (Å²) < 4.78 is 15.1. The van der Waals surface area contributed by atoms with Crippen molar-refractivity contribution in [3.8, 4) is 5.75 Å². The van der Waals surface area contributed by atoms with Gasteiger partial charge in [-0.3, -0.25) is 4.79 Å². The van der Waals surface area contributed by atoms with Gasteiger partial charge in [0.2, 0.25) is 11.0 Å². The maximum absolute atomic E-state index is 12.5. The highest BCUT2D eigenvalue weighted by Crippen LogP contribution is 2.21. The number of nitrogens with one attached hydrogen (secondary N) is 1. The highest BCUT2D eigenvalue weighted by Gasteiger charge is 2.15. The summed E-state index contributed by atoms with van der Waals surface area (Å²) in [6.07, 6.45) is 0.973. The molecule has 2 aromatic carbocycles. The first-order valence-electron chi connectivity index (χ1n) is 10.5. The average Bonchev–Trinajstić information content (AvgIpc) is 3.24. The van der Waals surface area contributed by atoms with Crippen LogP contribution >= 0.6 is 11.5 Å². The molecule has 0 aliphatic rings. The average molecular weight is 455 g/mol. The molecule has 170 valence electrons. The molecule has 0 fully saturated rings. The van der Waals surface area contributed by atoms with E-state index >= 15 is 0 Å². The summed E-state index contributed by atoms with van der Waals surface area (Å²) in [5.41, 5.74) is 4.26. The lowest BCUT2D eigenvalue weighted by Gasteiger charge is -2.20. The number of carbonyl (C=O) groups is 1. The van der Waals surface area contributed by atoms with Crippen LogP contribution in [0.2, 0.25) is 0 Å². The minimum absolute atomic E-state index is 0.0308. The van der Waals surface area contributed by atoms with Crippen LogP contribution in [0.4, 0.5) is 10.8 Å². The van der Waals surface area contributed by atoms with Crippen LogP contribution in [-0.4, -0.2) is 49.2 Å². The number of methoxy groups -OCH3 is 2. The lowest BCUT2D eigenvalue weighted by Crippen LogP contribution is -2.30. The molecule has 1 amide bonds. The van der Waals surface area contributed by atoms with Crippen molar-refractivity contribution in [2.75, 3.05) is 44.1 Å². The molecule has 1 heterocycles. The molecule has 0 aliphatic heterocycles. The third kappa shape index (κ3) is 6.77. The second kappa shape index (κ2) is 11.6. The Labute approximate surface area is 193 Å². The van der Waals surface area contributed by atoms with Crippen LogP contribution in [-0.2, 0) is 16.0 Å². The van der Waals surface area contributed by atoms with Crippen molar-refractivity contribution < 1.29 is 14.3 Å². The molecule has 0 radical (unpaired) electrons. The summed E-state index contributed by atoms with van der Waals surface area (Å²) in [6.45, 7) is 5.81. The molecule has 1 N–H and O–H groups in total. The molecule has 3 rings (SSSR count). The zero-order valence-electron chi connectivity index (χ0n) is 19.1. The summed E-state index contributed by atoms with van der Waals surface area (Å²) in [5.74, 6) is 1.53. The smallest absolute Gasteiger partial charge is 0.226 e. The van der Waals surface area contributed by atoms with Gasteiger partial charge in [0, 0.05) is 50.3 Å². The number of benzene rings is 2. The van der Waals surface area contributed by atoms with Gasteiger partial charge in [-0.2, -0.15) is 4.37 Å². The maximum atomic E-state index is 12.5. The third-order valence-electron chi connectivity index (χ3n) is 5.19. The molecule has 1 aromatic heterocycles. The van der Waals surface area contributed by atoms with Gasteiger partial charge in [-0.1, -0.05) is 18.2 Å². The van der Waals surface area contributed by atoms with Gasteiger partial charge in [0.25, 0.3) is 0 Å². The van der Waals surface area contributed by atoms with Gasteiger partial charge >= 0.3 is 0 Å². The maximum Gasteiger partial charge on any atom is 0.226 e. The Bertz CT molecular complexity index is 1040. The summed E-state index contributed by atoms with van der Waals surface area (Å²) in [6, 6.07) is 13.8. The number of ether oxygens (including phenoxy) is 2. The molecule has 0 atom stereocenters. The molecule has 0 spiro atoms. The fourth-order valence-electron chi connectivity index (χ4n) is 3.19. The Hall–Kier alpha value is -2.97. The molecule has 8 heteroatoms. The first-order chi connectivity index (χ1) is 15.5. The van der Waals surface area contributed by atoms with Crippen LogP contribution in [0.5, 0.6) is 5.75 Å². The molecule has 32 heavy (non-hydrogen) atoms. The third-order valence-corrected chi connectivity index (χ3v) is 6.00. The number of aromatic nitrogens is 2. The van der Waals surface area contributed by atoms with Gasteiger partial charge in [0.05, 0.1) is 13.7 Å². The van der Waals surface area contributed by atoms with Gasteiger partial charge in [-0.15, -0.1) is 0 Å². The van der Waals surface area contributed by atoms with E-state index in [-0.39, 0.29) is 5.91 Å². The van der Waals surface area contributed by atoms with Crippen molar-refractivity contribution >= 4 is 28.3 Å². The van der Waals surface area contributed by atoms with E-state index in [9.17, 15) is 4.79 Å². The molecule has 0 saturated carbocycles. The fraction of sp³-hybridized carbons (Fsp3) is 0.375. The van der Waals surface area contributed by atoms with Crippen LogP contribution in [0.25, 0.3) is 0 Å².